The second-order valence-corrected chi connectivity index (χ2v) is 5.86. The first-order chi connectivity index (χ1) is 9.15. The van der Waals surface area contributed by atoms with Crippen LogP contribution in [0.2, 0.25) is 0 Å². The Morgan fingerprint density at radius 2 is 2.16 bits per heavy atom. The predicted octanol–water partition coefficient (Wildman–Crippen LogP) is 4.12. The maximum Gasteiger partial charge on any atom is 0.229 e. The van der Waals surface area contributed by atoms with Crippen molar-refractivity contribution in [3.05, 3.63) is 42.1 Å². The second kappa shape index (κ2) is 4.80. The standard InChI is InChI=1S/C16H20N2O/c1-10(2)16-17-15(18-19-16)13-6-4-5-11(3)14(9-13)12-7-8-12/h4,6,9-10,12,14H,3,5,7-8H2,1-2H3. The van der Waals surface area contributed by atoms with Crippen molar-refractivity contribution in [3.63, 3.8) is 0 Å². The first-order valence-electron chi connectivity index (χ1n) is 7.05. The topological polar surface area (TPSA) is 38.9 Å². The van der Waals surface area contributed by atoms with Crippen LogP contribution < -0.4 is 0 Å². The molecule has 0 radical (unpaired) electrons. The minimum Gasteiger partial charge on any atom is -0.339 e. The van der Waals surface area contributed by atoms with Crippen molar-refractivity contribution in [1.29, 1.82) is 0 Å². The highest BCUT2D eigenvalue weighted by molar-refractivity contribution is 5.70. The van der Waals surface area contributed by atoms with Crippen molar-refractivity contribution >= 4 is 5.57 Å². The third-order valence-corrected chi connectivity index (χ3v) is 3.83. The number of hydrogen-bond acceptors (Lipinski definition) is 3. The van der Waals surface area contributed by atoms with Gasteiger partial charge in [-0.15, -0.1) is 0 Å². The van der Waals surface area contributed by atoms with E-state index in [0.717, 1.165) is 17.9 Å². The lowest BCUT2D eigenvalue weighted by Crippen LogP contribution is -2.02. The summed E-state index contributed by atoms with van der Waals surface area (Å²) in [6.07, 6.45) is 10.1. The van der Waals surface area contributed by atoms with E-state index in [0.29, 0.717) is 17.6 Å². The van der Waals surface area contributed by atoms with E-state index in [2.05, 4.69) is 48.8 Å². The van der Waals surface area contributed by atoms with Gasteiger partial charge in [-0.1, -0.05) is 49.4 Å². The zero-order valence-corrected chi connectivity index (χ0v) is 11.6. The largest absolute Gasteiger partial charge is 0.339 e. The third kappa shape index (κ3) is 2.55. The first-order valence-corrected chi connectivity index (χ1v) is 7.05. The third-order valence-electron chi connectivity index (χ3n) is 3.83. The van der Waals surface area contributed by atoms with E-state index in [9.17, 15) is 0 Å². The van der Waals surface area contributed by atoms with Gasteiger partial charge >= 0.3 is 0 Å². The molecule has 1 heterocycles. The Balaban J connectivity index is 1.91. The smallest absolute Gasteiger partial charge is 0.229 e. The Kier molecular flexibility index (Phi) is 3.13. The summed E-state index contributed by atoms with van der Waals surface area (Å²) in [5, 5.41) is 4.11. The molecule has 2 aliphatic carbocycles. The molecule has 0 aliphatic heterocycles. The van der Waals surface area contributed by atoms with Crippen LogP contribution in [0.1, 0.15) is 50.7 Å². The summed E-state index contributed by atoms with van der Waals surface area (Å²) in [6.45, 7) is 8.34. The predicted molar refractivity (Wildman–Crippen MR) is 75.5 cm³/mol. The lowest BCUT2D eigenvalue weighted by atomic mass is 9.92. The number of hydrogen-bond donors (Lipinski definition) is 0. The second-order valence-electron chi connectivity index (χ2n) is 5.86. The molecular formula is C16H20N2O. The van der Waals surface area contributed by atoms with E-state index < -0.39 is 0 Å². The summed E-state index contributed by atoms with van der Waals surface area (Å²) in [5.41, 5.74) is 2.38. The maximum atomic E-state index is 5.30. The van der Waals surface area contributed by atoms with Crippen LogP contribution in [0.25, 0.3) is 5.57 Å². The Labute approximate surface area is 114 Å². The molecule has 100 valence electrons. The molecule has 19 heavy (non-hydrogen) atoms. The molecule has 1 atom stereocenters. The molecule has 1 aromatic heterocycles. The van der Waals surface area contributed by atoms with E-state index in [1.807, 2.05) is 0 Å². The zero-order chi connectivity index (χ0) is 13.4. The quantitative estimate of drug-likeness (QED) is 0.764. The van der Waals surface area contributed by atoms with Gasteiger partial charge in [0, 0.05) is 17.4 Å². The van der Waals surface area contributed by atoms with E-state index in [-0.39, 0.29) is 5.92 Å². The van der Waals surface area contributed by atoms with Gasteiger partial charge in [0.15, 0.2) is 0 Å². The van der Waals surface area contributed by atoms with E-state index >= 15 is 0 Å². The summed E-state index contributed by atoms with van der Waals surface area (Å²) >= 11 is 0. The maximum absolute atomic E-state index is 5.30. The minimum atomic E-state index is 0.269. The van der Waals surface area contributed by atoms with Gasteiger partial charge in [-0.05, 0) is 25.2 Å². The Morgan fingerprint density at radius 3 is 2.79 bits per heavy atom. The molecule has 0 saturated heterocycles. The molecule has 1 unspecified atom stereocenters. The van der Waals surface area contributed by atoms with Crippen LogP contribution in [-0.4, -0.2) is 10.1 Å². The van der Waals surface area contributed by atoms with Gasteiger partial charge in [0.1, 0.15) is 0 Å². The van der Waals surface area contributed by atoms with Crippen LogP contribution in [-0.2, 0) is 0 Å². The molecule has 0 amide bonds. The molecular weight excluding hydrogens is 236 g/mol. The molecule has 3 nitrogen and oxygen atoms in total. The monoisotopic (exact) mass is 256 g/mol. The molecule has 0 aromatic carbocycles. The Bertz CT molecular complexity index is 547. The number of allylic oxidation sites excluding steroid dienone is 5. The molecule has 1 saturated carbocycles. The SMILES string of the molecule is C=C1CC=CC(c2noc(C(C)C)n2)=CC1C1CC1. The van der Waals surface area contributed by atoms with Gasteiger partial charge in [-0.3, -0.25) is 0 Å². The zero-order valence-electron chi connectivity index (χ0n) is 11.6. The van der Waals surface area contributed by atoms with Crippen molar-refractivity contribution in [2.45, 2.75) is 39.0 Å². The average molecular weight is 256 g/mol. The summed E-state index contributed by atoms with van der Waals surface area (Å²) < 4.78 is 5.30. The van der Waals surface area contributed by atoms with Gasteiger partial charge in [0.05, 0.1) is 0 Å². The Hall–Kier alpha value is -1.64. The van der Waals surface area contributed by atoms with E-state index in [1.54, 1.807) is 0 Å². The number of nitrogens with zero attached hydrogens (tertiary/aromatic N) is 2. The van der Waals surface area contributed by atoms with Gasteiger partial charge in [-0.25, -0.2) is 0 Å². The Morgan fingerprint density at radius 1 is 1.37 bits per heavy atom. The molecule has 3 rings (SSSR count). The van der Waals surface area contributed by atoms with Crippen LogP contribution in [0.5, 0.6) is 0 Å². The van der Waals surface area contributed by atoms with Crippen molar-refractivity contribution < 1.29 is 4.52 Å². The highest BCUT2D eigenvalue weighted by Gasteiger charge is 2.32. The van der Waals surface area contributed by atoms with E-state index in [4.69, 9.17) is 4.52 Å². The van der Waals surface area contributed by atoms with Crippen molar-refractivity contribution in [2.75, 3.05) is 0 Å². The summed E-state index contributed by atoms with van der Waals surface area (Å²) in [7, 11) is 0. The van der Waals surface area contributed by atoms with Crippen LogP contribution in [0.15, 0.2) is 34.9 Å². The first kappa shape index (κ1) is 12.4. The lowest BCUT2D eigenvalue weighted by Gasteiger charge is -2.12. The van der Waals surface area contributed by atoms with Crippen LogP contribution in [0.3, 0.4) is 0 Å². The van der Waals surface area contributed by atoms with Crippen LogP contribution in [0.4, 0.5) is 0 Å². The average Bonchev–Trinajstić information content (AvgIpc) is 3.11. The van der Waals surface area contributed by atoms with Gasteiger partial charge in [0.25, 0.3) is 0 Å². The van der Waals surface area contributed by atoms with Gasteiger partial charge in [0.2, 0.25) is 11.7 Å². The number of aromatic nitrogens is 2. The van der Waals surface area contributed by atoms with E-state index in [1.165, 1.54) is 18.4 Å². The van der Waals surface area contributed by atoms with Crippen molar-refractivity contribution in [3.8, 4) is 0 Å². The van der Waals surface area contributed by atoms with Gasteiger partial charge in [-0.2, -0.15) is 4.98 Å². The van der Waals surface area contributed by atoms with Gasteiger partial charge < -0.3 is 4.52 Å². The molecule has 0 spiro atoms. The fourth-order valence-electron chi connectivity index (χ4n) is 2.50. The number of rotatable bonds is 3. The van der Waals surface area contributed by atoms with Crippen molar-refractivity contribution in [2.24, 2.45) is 11.8 Å². The van der Waals surface area contributed by atoms with Crippen molar-refractivity contribution in [1.82, 2.24) is 10.1 Å². The summed E-state index contributed by atoms with van der Waals surface area (Å²) in [6, 6.07) is 0. The molecule has 0 bridgehead atoms. The summed E-state index contributed by atoms with van der Waals surface area (Å²) in [5.74, 6) is 2.94. The molecule has 0 N–H and O–H groups in total. The minimum absolute atomic E-state index is 0.269. The summed E-state index contributed by atoms with van der Waals surface area (Å²) in [4.78, 5) is 4.49. The van der Waals surface area contributed by atoms with Crippen LogP contribution >= 0.6 is 0 Å². The molecule has 3 heteroatoms. The fraction of sp³-hybridized carbons (Fsp3) is 0.500. The normalized spacial score (nSPS) is 23.6. The molecule has 1 aromatic rings. The molecule has 1 fully saturated rings. The van der Waals surface area contributed by atoms with Crippen LogP contribution in [0, 0.1) is 11.8 Å². The highest BCUT2D eigenvalue weighted by atomic mass is 16.5. The molecule has 2 aliphatic rings. The highest BCUT2D eigenvalue weighted by Crippen LogP contribution is 2.43. The fourth-order valence-corrected chi connectivity index (χ4v) is 2.50. The lowest BCUT2D eigenvalue weighted by molar-refractivity contribution is 0.363.